The van der Waals surface area contributed by atoms with Crippen LogP contribution in [0.25, 0.3) is 0 Å². The van der Waals surface area contributed by atoms with Gasteiger partial charge in [-0.2, -0.15) is 13.2 Å². The lowest BCUT2D eigenvalue weighted by Crippen LogP contribution is -2.14. The first-order valence-corrected chi connectivity index (χ1v) is 6.31. The maximum absolute atomic E-state index is 12.4. The van der Waals surface area contributed by atoms with E-state index in [9.17, 15) is 18.3 Å². The number of aliphatic hydroxyl groups is 1. The highest BCUT2D eigenvalue weighted by molar-refractivity contribution is 5.29. The molecule has 1 unspecified atom stereocenters. The van der Waals surface area contributed by atoms with E-state index in [-0.39, 0.29) is 19.1 Å². The number of halogens is 3. The third-order valence-electron chi connectivity index (χ3n) is 3.01. The first kappa shape index (κ1) is 15.3. The van der Waals surface area contributed by atoms with Crippen LogP contribution >= 0.6 is 0 Å². The largest absolute Gasteiger partial charge is 0.493 e. The molecule has 0 aliphatic carbocycles. The van der Waals surface area contributed by atoms with Gasteiger partial charge in [-0.15, -0.1) is 0 Å². The zero-order chi connectivity index (χ0) is 15.3. The molecule has 21 heavy (non-hydrogen) atoms. The standard InChI is InChI=1S/C15H14F3NO2/c16-15(17,18)13-3-5-14(6-4-13)21-10-12(9-20)11-2-1-7-19-8-11/h1-8,12,20H,9-10H2. The van der Waals surface area contributed by atoms with Crippen molar-refractivity contribution < 1.29 is 23.0 Å². The second-order valence-corrected chi connectivity index (χ2v) is 4.50. The van der Waals surface area contributed by atoms with E-state index in [1.165, 1.54) is 12.1 Å². The Labute approximate surface area is 120 Å². The summed E-state index contributed by atoms with van der Waals surface area (Å²) in [6.45, 7) is 0.0277. The fourth-order valence-corrected chi connectivity index (χ4v) is 1.81. The van der Waals surface area contributed by atoms with Crippen LogP contribution in [0.15, 0.2) is 48.8 Å². The molecule has 0 aliphatic rings. The van der Waals surface area contributed by atoms with Gasteiger partial charge in [0.2, 0.25) is 0 Å². The summed E-state index contributed by atoms with van der Waals surface area (Å²) in [6, 6.07) is 8.02. The Balaban J connectivity index is 1.99. The molecule has 1 aromatic carbocycles. The number of nitrogens with zero attached hydrogens (tertiary/aromatic N) is 1. The molecule has 0 fully saturated rings. The SMILES string of the molecule is OCC(COc1ccc(C(F)(F)F)cc1)c1cccnc1. The number of ether oxygens (including phenoxy) is 1. The zero-order valence-electron chi connectivity index (χ0n) is 11.0. The maximum Gasteiger partial charge on any atom is 0.416 e. The molecule has 0 saturated heterocycles. The minimum atomic E-state index is -4.36. The predicted octanol–water partition coefficient (Wildman–Crippen LogP) is 3.26. The third kappa shape index (κ3) is 4.19. The number of aliphatic hydroxyl groups excluding tert-OH is 1. The lowest BCUT2D eigenvalue weighted by atomic mass is 10.0. The Morgan fingerprint density at radius 1 is 1.14 bits per heavy atom. The maximum atomic E-state index is 12.4. The molecule has 6 heteroatoms. The first-order chi connectivity index (χ1) is 10.0. The number of aromatic nitrogens is 1. The monoisotopic (exact) mass is 297 g/mol. The van der Waals surface area contributed by atoms with Gasteiger partial charge in [-0.3, -0.25) is 4.98 Å². The van der Waals surface area contributed by atoms with Gasteiger partial charge in [0.15, 0.2) is 0 Å². The molecule has 0 amide bonds. The number of benzene rings is 1. The molecule has 0 bridgehead atoms. The van der Waals surface area contributed by atoms with Gasteiger partial charge >= 0.3 is 6.18 Å². The molecule has 1 aromatic heterocycles. The minimum absolute atomic E-state index is 0.133. The van der Waals surface area contributed by atoms with Crippen LogP contribution in [0.2, 0.25) is 0 Å². The van der Waals surface area contributed by atoms with Crippen molar-refractivity contribution in [1.82, 2.24) is 4.98 Å². The van der Waals surface area contributed by atoms with E-state index in [0.717, 1.165) is 17.7 Å². The predicted molar refractivity (Wildman–Crippen MR) is 71.0 cm³/mol. The summed E-state index contributed by atoms with van der Waals surface area (Å²) in [7, 11) is 0. The van der Waals surface area contributed by atoms with Crippen LogP contribution in [-0.2, 0) is 6.18 Å². The van der Waals surface area contributed by atoms with Crippen molar-refractivity contribution in [2.75, 3.05) is 13.2 Å². The highest BCUT2D eigenvalue weighted by Crippen LogP contribution is 2.30. The molecular formula is C15H14F3NO2. The topological polar surface area (TPSA) is 42.4 Å². The highest BCUT2D eigenvalue weighted by Gasteiger charge is 2.30. The molecular weight excluding hydrogens is 283 g/mol. The van der Waals surface area contributed by atoms with Gasteiger partial charge in [0, 0.05) is 18.3 Å². The number of alkyl halides is 3. The lowest BCUT2D eigenvalue weighted by Gasteiger charge is -2.15. The molecule has 1 heterocycles. The van der Waals surface area contributed by atoms with Crippen LogP contribution in [0.4, 0.5) is 13.2 Å². The van der Waals surface area contributed by atoms with Crippen LogP contribution in [0.5, 0.6) is 5.75 Å². The summed E-state index contributed by atoms with van der Waals surface area (Å²) < 4.78 is 42.7. The molecule has 3 nitrogen and oxygen atoms in total. The second kappa shape index (κ2) is 6.58. The molecule has 0 radical (unpaired) electrons. The van der Waals surface area contributed by atoms with E-state index < -0.39 is 11.7 Å². The second-order valence-electron chi connectivity index (χ2n) is 4.50. The number of hydrogen-bond donors (Lipinski definition) is 1. The van der Waals surface area contributed by atoms with E-state index in [1.54, 1.807) is 18.5 Å². The summed E-state index contributed by atoms with van der Waals surface area (Å²) in [6.07, 6.45) is -1.12. The Morgan fingerprint density at radius 3 is 2.38 bits per heavy atom. The van der Waals surface area contributed by atoms with Crippen molar-refractivity contribution in [3.05, 3.63) is 59.9 Å². The van der Waals surface area contributed by atoms with E-state index >= 15 is 0 Å². The number of rotatable bonds is 5. The average molecular weight is 297 g/mol. The normalized spacial score (nSPS) is 13.0. The average Bonchev–Trinajstić information content (AvgIpc) is 2.48. The zero-order valence-corrected chi connectivity index (χ0v) is 11.0. The minimum Gasteiger partial charge on any atom is -0.493 e. The number of hydrogen-bond acceptors (Lipinski definition) is 3. The summed E-state index contributed by atoms with van der Waals surface area (Å²) in [4.78, 5) is 3.96. The van der Waals surface area contributed by atoms with Gasteiger partial charge in [0.25, 0.3) is 0 Å². The van der Waals surface area contributed by atoms with E-state index in [2.05, 4.69) is 4.98 Å². The summed E-state index contributed by atoms with van der Waals surface area (Å²) in [5, 5.41) is 9.35. The van der Waals surface area contributed by atoms with Crippen molar-refractivity contribution in [2.45, 2.75) is 12.1 Å². The van der Waals surface area contributed by atoms with Crippen LogP contribution in [0.3, 0.4) is 0 Å². The fraction of sp³-hybridized carbons (Fsp3) is 0.267. The van der Waals surface area contributed by atoms with Crippen LogP contribution in [0, 0.1) is 0 Å². The van der Waals surface area contributed by atoms with Crippen molar-refractivity contribution in [3.63, 3.8) is 0 Å². The smallest absolute Gasteiger partial charge is 0.416 e. The third-order valence-corrected chi connectivity index (χ3v) is 3.01. The Hall–Kier alpha value is -2.08. The molecule has 0 saturated carbocycles. The number of pyridine rings is 1. The van der Waals surface area contributed by atoms with E-state index in [1.807, 2.05) is 6.07 Å². The van der Waals surface area contributed by atoms with Gasteiger partial charge in [0.1, 0.15) is 5.75 Å². The van der Waals surface area contributed by atoms with Gasteiger partial charge in [0.05, 0.1) is 18.8 Å². The van der Waals surface area contributed by atoms with E-state index in [4.69, 9.17) is 4.74 Å². The van der Waals surface area contributed by atoms with Crippen LogP contribution in [0.1, 0.15) is 17.0 Å². The van der Waals surface area contributed by atoms with Crippen molar-refractivity contribution >= 4 is 0 Å². The first-order valence-electron chi connectivity index (χ1n) is 6.31. The highest BCUT2D eigenvalue weighted by atomic mass is 19.4. The molecule has 112 valence electrons. The van der Waals surface area contributed by atoms with E-state index in [0.29, 0.717) is 5.75 Å². The van der Waals surface area contributed by atoms with Crippen molar-refractivity contribution in [3.8, 4) is 5.75 Å². The molecule has 2 rings (SSSR count). The van der Waals surface area contributed by atoms with Gasteiger partial charge in [-0.25, -0.2) is 0 Å². The lowest BCUT2D eigenvalue weighted by molar-refractivity contribution is -0.137. The van der Waals surface area contributed by atoms with Gasteiger partial charge in [-0.1, -0.05) is 6.07 Å². The van der Waals surface area contributed by atoms with Crippen molar-refractivity contribution in [2.24, 2.45) is 0 Å². The molecule has 2 aromatic rings. The molecule has 1 N–H and O–H groups in total. The summed E-state index contributed by atoms with van der Waals surface area (Å²) >= 11 is 0. The van der Waals surface area contributed by atoms with Gasteiger partial charge in [-0.05, 0) is 35.9 Å². The Bertz CT molecular complexity index is 555. The summed E-state index contributed by atoms with van der Waals surface area (Å²) in [5.74, 6) is 0.0475. The van der Waals surface area contributed by atoms with Crippen LogP contribution in [-0.4, -0.2) is 23.3 Å². The van der Waals surface area contributed by atoms with Crippen molar-refractivity contribution in [1.29, 1.82) is 0 Å². The molecule has 0 spiro atoms. The van der Waals surface area contributed by atoms with Crippen LogP contribution < -0.4 is 4.74 Å². The molecule has 0 aliphatic heterocycles. The quantitative estimate of drug-likeness (QED) is 0.921. The Morgan fingerprint density at radius 2 is 1.86 bits per heavy atom. The fourth-order valence-electron chi connectivity index (χ4n) is 1.81. The summed E-state index contributed by atoms with van der Waals surface area (Å²) in [5.41, 5.74) is 0.0905. The van der Waals surface area contributed by atoms with Gasteiger partial charge < -0.3 is 9.84 Å². The molecule has 1 atom stereocenters. The Kier molecular flexibility index (Phi) is 4.80.